The van der Waals surface area contributed by atoms with Crippen LogP contribution in [0.4, 0.5) is 4.79 Å². The standard InChI is InChI=1S/C19H14N2O3S/c20-10-11-24-16-8-6-14(7-9-16)12-17-18(22)21(19(23)25-17)13-15-4-2-1-3-5-15/h1-9,12H,11,13H2/b17-12-. The summed E-state index contributed by atoms with van der Waals surface area (Å²) in [5.74, 6) is 0.291. The number of ether oxygens (including phenoxy) is 1. The number of thioether (sulfide) groups is 1. The number of benzene rings is 2. The number of imide groups is 1. The highest BCUT2D eigenvalue weighted by Gasteiger charge is 2.34. The van der Waals surface area contributed by atoms with Crippen LogP contribution in [0.3, 0.4) is 0 Å². The predicted molar refractivity (Wildman–Crippen MR) is 95.5 cm³/mol. The van der Waals surface area contributed by atoms with Gasteiger partial charge in [-0.05, 0) is 41.1 Å². The minimum atomic E-state index is -0.288. The summed E-state index contributed by atoms with van der Waals surface area (Å²) in [6.07, 6.45) is 1.68. The summed E-state index contributed by atoms with van der Waals surface area (Å²) >= 11 is 0.938. The van der Waals surface area contributed by atoms with E-state index in [9.17, 15) is 9.59 Å². The van der Waals surface area contributed by atoms with E-state index in [0.717, 1.165) is 22.9 Å². The van der Waals surface area contributed by atoms with Crippen molar-refractivity contribution in [3.63, 3.8) is 0 Å². The normalized spacial score (nSPS) is 15.5. The summed E-state index contributed by atoms with van der Waals surface area (Å²) in [5, 5.41) is 8.23. The molecule has 5 nitrogen and oxygen atoms in total. The molecule has 2 amide bonds. The van der Waals surface area contributed by atoms with Crippen LogP contribution in [0.5, 0.6) is 5.75 Å². The van der Waals surface area contributed by atoms with Crippen molar-refractivity contribution in [3.05, 3.63) is 70.6 Å². The van der Waals surface area contributed by atoms with Crippen LogP contribution in [0.15, 0.2) is 59.5 Å². The van der Waals surface area contributed by atoms with Crippen molar-refractivity contribution in [2.75, 3.05) is 6.61 Å². The Morgan fingerprint density at radius 1 is 1.08 bits per heavy atom. The van der Waals surface area contributed by atoms with Gasteiger partial charge in [-0.25, -0.2) is 0 Å². The third-order valence-electron chi connectivity index (χ3n) is 3.54. The average Bonchev–Trinajstić information content (AvgIpc) is 2.89. The van der Waals surface area contributed by atoms with E-state index < -0.39 is 0 Å². The lowest BCUT2D eigenvalue weighted by molar-refractivity contribution is -0.123. The van der Waals surface area contributed by atoms with Crippen molar-refractivity contribution < 1.29 is 14.3 Å². The number of nitriles is 1. The highest BCUT2D eigenvalue weighted by molar-refractivity contribution is 8.18. The summed E-state index contributed by atoms with van der Waals surface area (Å²) in [5.41, 5.74) is 1.69. The van der Waals surface area contributed by atoms with Gasteiger partial charge < -0.3 is 4.74 Å². The third-order valence-corrected chi connectivity index (χ3v) is 4.45. The van der Waals surface area contributed by atoms with Gasteiger partial charge in [-0.2, -0.15) is 5.26 Å². The SMILES string of the molecule is N#CCOc1ccc(/C=C2\SC(=O)N(Cc3ccccc3)C2=O)cc1. The maximum Gasteiger partial charge on any atom is 0.293 e. The second kappa shape index (κ2) is 7.69. The first-order chi connectivity index (χ1) is 12.2. The molecule has 1 aliphatic rings. The van der Waals surface area contributed by atoms with Crippen LogP contribution in [0.25, 0.3) is 6.08 Å². The molecule has 0 unspecified atom stereocenters. The van der Waals surface area contributed by atoms with Gasteiger partial charge >= 0.3 is 0 Å². The Hall–Kier alpha value is -3.04. The van der Waals surface area contributed by atoms with E-state index in [1.54, 1.807) is 30.3 Å². The molecule has 0 N–H and O–H groups in total. The van der Waals surface area contributed by atoms with Crippen LogP contribution in [-0.2, 0) is 11.3 Å². The van der Waals surface area contributed by atoms with E-state index in [-0.39, 0.29) is 24.3 Å². The Balaban J connectivity index is 1.73. The zero-order valence-electron chi connectivity index (χ0n) is 13.2. The first-order valence-electron chi connectivity index (χ1n) is 7.56. The molecule has 1 saturated heterocycles. The fourth-order valence-corrected chi connectivity index (χ4v) is 3.17. The minimum Gasteiger partial charge on any atom is -0.479 e. The first kappa shape index (κ1) is 16.8. The van der Waals surface area contributed by atoms with Crippen LogP contribution < -0.4 is 4.74 Å². The Morgan fingerprint density at radius 3 is 2.48 bits per heavy atom. The van der Waals surface area contributed by atoms with Gasteiger partial charge in [0.25, 0.3) is 11.1 Å². The maximum atomic E-state index is 12.5. The summed E-state index contributed by atoms with van der Waals surface area (Å²) in [6.45, 7) is 0.251. The van der Waals surface area contributed by atoms with Gasteiger partial charge in [0.05, 0.1) is 11.4 Å². The fourth-order valence-electron chi connectivity index (χ4n) is 2.33. The van der Waals surface area contributed by atoms with Gasteiger partial charge in [0, 0.05) is 0 Å². The van der Waals surface area contributed by atoms with E-state index in [2.05, 4.69) is 0 Å². The molecule has 25 heavy (non-hydrogen) atoms. The highest BCUT2D eigenvalue weighted by Crippen LogP contribution is 2.33. The number of hydrogen-bond donors (Lipinski definition) is 0. The molecule has 1 aliphatic heterocycles. The number of rotatable bonds is 5. The molecule has 0 aromatic heterocycles. The molecule has 124 valence electrons. The topological polar surface area (TPSA) is 70.4 Å². The Bertz CT molecular complexity index is 854. The van der Waals surface area contributed by atoms with Gasteiger partial charge in [-0.3, -0.25) is 14.5 Å². The molecule has 0 bridgehead atoms. The smallest absolute Gasteiger partial charge is 0.293 e. The Kier molecular flexibility index (Phi) is 5.17. The van der Waals surface area contributed by atoms with Crippen molar-refractivity contribution in [1.29, 1.82) is 5.26 Å². The van der Waals surface area contributed by atoms with Crippen LogP contribution >= 0.6 is 11.8 Å². The summed E-state index contributed by atoms with van der Waals surface area (Å²) < 4.78 is 5.19. The molecule has 2 aromatic rings. The quantitative estimate of drug-likeness (QED) is 0.767. The van der Waals surface area contributed by atoms with Crippen molar-refractivity contribution in [3.8, 4) is 11.8 Å². The summed E-state index contributed by atoms with van der Waals surface area (Å²) in [6, 6.07) is 18.3. The lowest BCUT2D eigenvalue weighted by atomic mass is 10.2. The molecular weight excluding hydrogens is 336 g/mol. The Labute approximate surface area is 149 Å². The zero-order chi connectivity index (χ0) is 17.6. The van der Waals surface area contributed by atoms with Crippen LogP contribution in [0.1, 0.15) is 11.1 Å². The molecule has 6 heteroatoms. The Morgan fingerprint density at radius 2 is 1.80 bits per heavy atom. The molecule has 0 saturated carbocycles. The number of carbonyl (C=O) groups excluding carboxylic acids is 2. The average molecular weight is 350 g/mol. The molecule has 1 heterocycles. The van der Waals surface area contributed by atoms with Crippen molar-refractivity contribution in [2.45, 2.75) is 6.54 Å². The first-order valence-corrected chi connectivity index (χ1v) is 8.38. The van der Waals surface area contributed by atoms with Crippen LogP contribution in [0, 0.1) is 11.3 Å². The van der Waals surface area contributed by atoms with E-state index in [4.69, 9.17) is 10.00 Å². The zero-order valence-corrected chi connectivity index (χ0v) is 14.0. The number of nitrogens with zero attached hydrogens (tertiary/aromatic N) is 2. The van der Waals surface area contributed by atoms with Gasteiger partial charge in [0.1, 0.15) is 11.8 Å². The van der Waals surface area contributed by atoms with E-state index >= 15 is 0 Å². The third kappa shape index (κ3) is 4.08. The largest absolute Gasteiger partial charge is 0.479 e. The molecule has 1 fully saturated rings. The summed E-state index contributed by atoms with van der Waals surface area (Å²) in [4.78, 5) is 26.3. The number of carbonyl (C=O) groups is 2. The van der Waals surface area contributed by atoms with Crippen molar-refractivity contribution in [1.82, 2.24) is 4.90 Å². The molecule has 2 aromatic carbocycles. The van der Waals surface area contributed by atoms with E-state index in [1.165, 1.54) is 4.90 Å². The molecule has 0 radical (unpaired) electrons. The maximum absolute atomic E-state index is 12.5. The van der Waals surface area contributed by atoms with Crippen LogP contribution in [-0.4, -0.2) is 22.7 Å². The highest BCUT2D eigenvalue weighted by atomic mass is 32.2. The molecule has 3 rings (SSSR count). The van der Waals surface area contributed by atoms with Crippen molar-refractivity contribution >= 4 is 29.0 Å². The number of amides is 2. The second-order valence-electron chi connectivity index (χ2n) is 5.27. The van der Waals surface area contributed by atoms with Crippen molar-refractivity contribution in [2.24, 2.45) is 0 Å². The number of hydrogen-bond acceptors (Lipinski definition) is 5. The van der Waals surface area contributed by atoms with Gasteiger partial charge in [0.15, 0.2) is 6.61 Å². The van der Waals surface area contributed by atoms with Gasteiger partial charge in [-0.15, -0.1) is 0 Å². The van der Waals surface area contributed by atoms with Gasteiger partial charge in [0.2, 0.25) is 0 Å². The lowest BCUT2D eigenvalue weighted by Crippen LogP contribution is -2.27. The lowest BCUT2D eigenvalue weighted by Gasteiger charge is -2.12. The van der Waals surface area contributed by atoms with Gasteiger partial charge in [-0.1, -0.05) is 42.5 Å². The monoisotopic (exact) mass is 350 g/mol. The molecular formula is C19H14N2O3S. The molecule has 0 aliphatic carbocycles. The van der Waals surface area contributed by atoms with Crippen LogP contribution in [0.2, 0.25) is 0 Å². The van der Waals surface area contributed by atoms with E-state index in [1.807, 2.05) is 36.4 Å². The van der Waals surface area contributed by atoms with E-state index in [0.29, 0.717) is 10.7 Å². The fraction of sp³-hybridized carbons (Fsp3) is 0.105. The summed E-state index contributed by atoms with van der Waals surface area (Å²) in [7, 11) is 0. The molecule has 0 spiro atoms. The second-order valence-corrected chi connectivity index (χ2v) is 6.26. The minimum absolute atomic E-state index is 0.0161. The molecule has 0 atom stereocenters. The predicted octanol–water partition coefficient (Wildman–Crippen LogP) is 3.83.